The van der Waals surface area contributed by atoms with E-state index in [0.29, 0.717) is 0 Å². The third-order valence-corrected chi connectivity index (χ3v) is 6.40. The van der Waals surface area contributed by atoms with Crippen LogP contribution in [-0.4, -0.2) is 15.5 Å². The smallest absolute Gasteiger partial charge is 0.240 e. The van der Waals surface area contributed by atoms with E-state index >= 15 is 0 Å². The zero-order valence-electron chi connectivity index (χ0n) is 12.0. The molecule has 1 atom stereocenters. The van der Waals surface area contributed by atoms with Gasteiger partial charge in [0.15, 0.2) is 0 Å². The molecule has 1 aromatic carbocycles. The number of rotatable bonds is 5. The van der Waals surface area contributed by atoms with Crippen LogP contribution < -0.4 is 10.0 Å². The molecule has 0 saturated carbocycles. The van der Waals surface area contributed by atoms with E-state index in [2.05, 4.69) is 39.0 Å². The van der Waals surface area contributed by atoms with Crippen molar-refractivity contribution in [1.82, 2.24) is 4.72 Å². The first kappa shape index (κ1) is 16.5. The Morgan fingerprint density at radius 2 is 1.95 bits per heavy atom. The molecule has 0 bridgehead atoms. The van der Waals surface area contributed by atoms with Gasteiger partial charge in [0.25, 0.3) is 0 Å². The largest absolute Gasteiger partial charge is 0.377 e. The zero-order valence-corrected chi connectivity index (χ0v) is 15.2. The van der Waals surface area contributed by atoms with Crippen LogP contribution in [0.15, 0.2) is 39.0 Å². The van der Waals surface area contributed by atoms with Crippen molar-refractivity contribution >= 4 is 43.0 Å². The van der Waals surface area contributed by atoms with Gasteiger partial charge in [-0.2, -0.15) is 0 Å². The number of nitrogens with one attached hydrogen (secondary N) is 2. The summed E-state index contributed by atoms with van der Waals surface area (Å²) >= 11 is 5.11. The van der Waals surface area contributed by atoms with Gasteiger partial charge in [0.05, 0.1) is 14.7 Å². The number of anilines is 1. The Hall–Kier alpha value is -0.890. The molecule has 7 heteroatoms. The van der Waals surface area contributed by atoms with Crippen molar-refractivity contribution in [3.05, 3.63) is 44.6 Å². The molecule has 1 heterocycles. The molecule has 0 saturated heterocycles. The summed E-state index contributed by atoms with van der Waals surface area (Å²) in [5.41, 5.74) is 1.83. The van der Waals surface area contributed by atoms with Crippen LogP contribution in [0.25, 0.3) is 0 Å². The van der Waals surface area contributed by atoms with Gasteiger partial charge in [0.1, 0.15) is 0 Å². The molecule has 0 fully saturated rings. The van der Waals surface area contributed by atoms with E-state index in [1.54, 1.807) is 23.5 Å². The topological polar surface area (TPSA) is 58.2 Å². The molecule has 0 radical (unpaired) electrons. The maximum atomic E-state index is 11.9. The second kappa shape index (κ2) is 6.48. The Labute approximate surface area is 137 Å². The number of benzene rings is 1. The molecule has 0 spiro atoms. The van der Waals surface area contributed by atoms with E-state index in [1.165, 1.54) is 11.9 Å². The van der Waals surface area contributed by atoms with Crippen LogP contribution in [0, 0.1) is 6.92 Å². The third-order valence-electron chi connectivity index (χ3n) is 3.18. The van der Waals surface area contributed by atoms with Gasteiger partial charge in [-0.25, -0.2) is 13.1 Å². The molecule has 0 amide bonds. The predicted molar refractivity (Wildman–Crippen MR) is 91.5 cm³/mol. The molecule has 1 aromatic heterocycles. The van der Waals surface area contributed by atoms with Crippen molar-refractivity contribution in [3.8, 4) is 0 Å². The number of halogens is 1. The fourth-order valence-corrected chi connectivity index (χ4v) is 4.09. The summed E-state index contributed by atoms with van der Waals surface area (Å²) in [6.07, 6.45) is 0. The number of sulfonamides is 1. The van der Waals surface area contributed by atoms with E-state index in [0.717, 1.165) is 15.0 Å². The number of hydrogen-bond donors (Lipinski definition) is 2. The maximum Gasteiger partial charge on any atom is 0.240 e. The fraction of sp³-hybridized carbons (Fsp3) is 0.286. The molecular weight excluding hydrogens is 372 g/mol. The molecular formula is C14H17BrN2O2S2. The molecule has 2 aromatic rings. The van der Waals surface area contributed by atoms with Gasteiger partial charge in [0, 0.05) is 10.6 Å². The highest BCUT2D eigenvalue weighted by Crippen LogP contribution is 2.30. The van der Waals surface area contributed by atoms with Gasteiger partial charge in [0.2, 0.25) is 10.0 Å². The number of hydrogen-bond acceptors (Lipinski definition) is 4. The minimum Gasteiger partial charge on any atom is -0.377 e. The Kier molecular flexibility index (Phi) is 5.08. The second-order valence-electron chi connectivity index (χ2n) is 4.69. The summed E-state index contributed by atoms with van der Waals surface area (Å²) in [4.78, 5) is 1.45. The normalized spacial score (nSPS) is 13.1. The summed E-state index contributed by atoms with van der Waals surface area (Å²) in [5.74, 6) is 0. The van der Waals surface area contributed by atoms with E-state index in [-0.39, 0.29) is 10.9 Å². The van der Waals surface area contributed by atoms with Gasteiger partial charge < -0.3 is 5.32 Å². The number of aryl methyl sites for hydroxylation is 1. The van der Waals surface area contributed by atoms with E-state index in [9.17, 15) is 8.42 Å². The summed E-state index contributed by atoms with van der Waals surface area (Å²) in [6, 6.07) is 9.25. The lowest BCUT2D eigenvalue weighted by molar-refractivity contribution is 0.588. The molecule has 2 N–H and O–H groups in total. The average molecular weight is 389 g/mol. The van der Waals surface area contributed by atoms with Crippen LogP contribution in [0.1, 0.15) is 23.4 Å². The van der Waals surface area contributed by atoms with Gasteiger partial charge in [-0.3, -0.25) is 0 Å². The highest BCUT2D eigenvalue weighted by atomic mass is 79.9. The van der Waals surface area contributed by atoms with Crippen LogP contribution in [0.2, 0.25) is 0 Å². The molecule has 0 aliphatic carbocycles. The minimum absolute atomic E-state index is 0.104. The van der Waals surface area contributed by atoms with Crippen molar-refractivity contribution in [2.75, 3.05) is 12.4 Å². The summed E-state index contributed by atoms with van der Waals surface area (Å²) in [6.45, 7) is 4.01. The lowest BCUT2D eigenvalue weighted by atomic mass is 10.1. The van der Waals surface area contributed by atoms with Crippen molar-refractivity contribution in [2.45, 2.75) is 24.8 Å². The Bertz CT molecular complexity index is 741. The first-order valence-electron chi connectivity index (χ1n) is 6.39. The molecule has 21 heavy (non-hydrogen) atoms. The van der Waals surface area contributed by atoms with Crippen molar-refractivity contribution < 1.29 is 8.42 Å². The van der Waals surface area contributed by atoms with E-state index in [1.807, 2.05) is 19.1 Å². The lowest BCUT2D eigenvalue weighted by Crippen LogP contribution is -2.19. The summed E-state index contributed by atoms with van der Waals surface area (Å²) < 4.78 is 27.2. The monoisotopic (exact) mass is 388 g/mol. The maximum absolute atomic E-state index is 11.9. The van der Waals surface area contributed by atoms with Crippen LogP contribution in [0.3, 0.4) is 0 Å². The third kappa shape index (κ3) is 3.85. The van der Waals surface area contributed by atoms with Crippen molar-refractivity contribution in [2.24, 2.45) is 0 Å². The zero-order chi connectivity index (χ0) is 15.6. The predicted octanol–water partition coefficient (Wildman–Crippen LogP) is 3.90. The van der Waals surface area contributed by atoms with Gasteiger partial charge in [-0.05, 0) is 66.7 Å². The lowest BCUT2D eigenvalue weighted by Gasteiger charge is -2.17. The quantitative estimate of drug-likeness (QED) is 0.816. The Morgan fingerprint density at radius 1 is 1.24 bits per heavy atom. The Balaban J connectivity index is 2.29. The SMILES string of the molecule is CNS(=O)(=O)c1ccc(C)c(NC(C)c2ccc(Br)s2)c1. The first-order valence-corrected chi connectivity index (χ1v) is 9.48. The molecule has 2 rings (SSSR count). The van der Waals surface area contributed by atoms with E-state index in [4.69, 9.17) is 0 Å². The van der Waals surface area contributed by atoms with Crippen LogP contribution in [0.5, 0.6) is 0 Å². The van der Waals surface area contributed by atoms with Gasteiger partial charge >= 0.3 is 0 Å². The molecule has 1 unspecified atom stereocenters. The van der Waals surface area contributed by atoms with Crippen molar-refractivity contribution in [1.29, 1.82) is 0 Å². The second-order valence-corrected chi connectivity index (χ2v) is 9.07. The average Bonchev–Trinajstić information content (AvgIpc) is 2.87. The highest BCUT2D eigenvalue weighted by Gasteiger charge is 2.15. The van der Waals surface area contributed by atoms with Gasteiger partial charge in [-0.15, -0.1) is 11.3 Å². The van der Waals surface area contributed by atoms with E-state index < -0.39 is 10.0 Å². The standard InChI is InChI=1S/C14H17BrN2O2S2/c1-9-4-5-11(21(18,19)16-3)8-12(9)17-10(2)13-6-7-14(15)20-13/h4-8,10,16-17H,1-3H3. The Morgan fingerprint density at radius 3 is 2.52 bits per heavy atom. The molecule has 0 aliphatic heterocycles. The summed E-state index contributed by atoms with van der Waals surface area (Å²) in [7, 11) is -2.02. The first-order chi connectivity index (χ1) is 9.83. The fourth-order valence-electron chi connectivity index (χ4n) is 1.91. The van der Waals surface area contributed by atoms with Crippen LogP contribution in [-0.2, 0) is 10.0 Å². The number of thiophene rings is 1. The molecule has 0 aliphatic rings. The van der Waals surface area contributed by atoms with Gasteiger partial charge in [-0.1, -0.05) is 6.07 Å². The van der Waals surface area contributed by atoms with Crippen LogP contribution >= 0.6 is 27.3 Å². The minimum atomic E-state index is -3.43. The van der Waals surface area contributed by atoms with Crippen molar-refractivity contribution in [3.63, 3.8) is 0 Å². The van der Waals surface area contributed by atoms with Crippen LogP contribution in [0.4, 0.5) is 5.69 Å². The summed E-state index contributed by atoms with van der Waals surface area (Å²) in [5, 5.41) is 3.37. The molecule has 4 nitrogen and oxygen atoms in total. The molecule has 114 valence electrons. The highest BCUT2D eigenvalue weighted by molar-refractivity contribution is 9.11.